The monoisotopic (exact) mass is 242 g/mol. The van der Waals surface area contributed by atoms with Gasteiger partial charge in [-0.15, -0.1) is 0 Å². The van der Waals surface area contributed by atoms with Crippen molar-refractivity contribution in [1.29, 1.82) is 0 Å². The first-order valence-corrected chi connectivity index (χ1v) is 6.48. The van der Waals surface area contributed by atoms with E-state index in [1.54, 1.807) is 0 Å². The van der Waals surface area contributed by atoms with Crippen molar-refractivity contribution < 1.29 is 14.6 Å². The standard InChI is InChI=1S/C12H22N2O3/c1-9-8-17-10(7-15)6-14(9)12(16)11-4-2-3-5-13-11/h9-11,13,15H,2-8H2,1H3/t9?,10?,11-/m1/s1. The second kappa shape index (κ2) is 5.80. The van der Waals surface area contributed by atoms with Crippen LogP contribution < -0.4 is 5.32 Å². The van der Waals surface area contributed by atoms with Crippen LogP contribution >= 0.6 is 0 Å². The molecule has 2 rings (SSSR count). The summed E-state index contributed by atoms with van der Waals surface area (Å²) in [6, 6.07) is 0.0673. The average Bonchev–Trinajstić information content (AvgIpc) is 2.39. The third kappa shape index (κ3) is 2.97. The van der Waals surface area contributed by atoms with Gasteiger partial charge in [-0.1, -0.05) is 6.42 Å². The van der Waals surface area contributed by atoms with Gasteiger partial charge in [-0.3, -0.25) is 4.79 Å². The lowest BCUT2D eigenvalue weighted by atomic mass is 10.0. The van der Waals surface area contributed by atoms with E-state index < -0.39 is 0 Å². The normalized spacial score (nSPS) is 34.7. The van der Waals surface area contributed by atoms with Crippen molar-refractivity contribution in [3.63, 3.8) is 0 Å². The summed E-state index contributed by atoms with van der Waals surface area (Å²) in [7, 11) is 0. The van der Waals surface area contributed by atoms with Gasteiger partial charge in [0.25, 0.3) is 0 Å². The van der Waals surface area contributed by atoms with Gasteiger partial charge in [-0.2, -0.15) is 0 Å². The summed E-state index contributed by atoms with van der Waals surface area (Å²) in [6.07, 6.45) is 2.97. The van der Waals surface area contributed by atoms with Gasteiger partial charge in [-0.05, 0) is 26.3 Å². The Kier molecular flexibility index (Phi) is 4.36. The Balaban J connectivity index is 1.95. The van der Waals surface area contributed by atoms with Gasteiger partial charge in [-0.25, -0.2) is 0 Å². The summed E-state index contributed by atoms with van der Waals surface area (Å²) in [5.41, 5.74) is 0. The number of hydrogen-bond donors (Lipinski definition) is 2. The summed E-state index contributed by atoms with van der Waals surface area (Å²) in [6.45, 7) is 3.93. The van der Waals surface area contributed by atoms with E-state index in [4.69, 9.17) is 9.84 Å². The minimum atomic E-state index is -0.223. The molecular weight excluding hydrogens is 220 g/mol. The Labute approximate surface area is 102 Å². The molecule has 2 aliphatic heterocycles. The van der Waals surface area contributed by atoms with Gasteiger partial charge in [0.2, 0.25) is 5.91 Å². The van der Waals surface area contributed by atoms with E-state index in [-0.39, 0.29) is 30.7 Å². The lowest BCUT2D eigenvalue weighted by Gasteiger charge is -2.40. The largest absolute Gasteiger partial charge is 0.394 e. The maximum atomic E-state index is 12.4. The summed E-state index contributed by atoms with van der Waals surface area (Å²) < 4.78 is 5.44. The molecule has 5 heteroatoms. The Morgan fingerprint density at radius 1 is 1.53 bits per heavy atom. The van der Waals surface area contributed by atoms with Crippen molar-refractivity contribution in [2.75, 3.05) is 26.3 Å². The Morgan fingerprint density at radius 2 is 2.35 bits per heavy atom. The molecule has 2 saturated heterocycles. The number of aliphatic hydroxyl groups excluding tert-OH is 1. The molecule has 98 valence electrons. The van der Waals surface area contributed by atoms with Gasteiger partial charge in [0, 0.05) is 6.54 Å². The number of nitrogens with zero attached hydrogens (tertiary/aromatic N) is 1. The molecule has 17 heavy (non-hydrogen) atoms. The first-order chi connectivity index (χ1) is 8.22. The van der Waals surface area contributed by atoms with Crippen LogP contribution in [0.1, 0.15) is 26.2 Å². The highest BCUT2D eigenvalue weighted by Crippen LogP contribution is 2.16. The van der Waals surface area contributed by atoms with Crippen molar-refractivity contribution >= 4 is 5.91 Å². The second-order valence-corrected chi connectivity index (χ2v) is 4.98. The topological polar surface area (TPSA) is 61.8 Å². The highest BCUT2D eigenvalue weighted by Gasteiger charge is 2.33. The van der Waals surface area contributed by atoms with Crippen LogP contribution in [0.2, 0.25) is 0 Å². The number of piperidine rings is 1. The number of aliphatic hydroxyl groups is 1. The minimum Gasteiger partial charge on any atom is -0.394 e. The quantitative estimate of drug-likeness (QED) is 0.700. The van der Waals surface area contributed by atoms with Gasteiger partial charge in [0.05, 0.1) is 31.4 Å². The first-order valence-electron chi connectivity index (χ1n) is 6.48. The van der Waals surface area contributed by atoms with E-state index in [0.717, 1.165) is 25.8 Å². The van der Waals surface area contributed by atoms with Crippen molar-refractivity contribution in [2.45, 2.75) is 44.4 Å². The number of ether oxygens (including phenoxy) is 1. The van der Waals surface area contributed by atoms with Crippen molar-refractivity contribution in [2.24, 2.45) is 0 Å². The molecule has 0 saturated carbocycles. The van der Waals surface area contributed by atoms with Crippen LogP contribution in [-0.2, 0) is 9.53 Å². The van der Waals surface area contributed by atoms with E-state index >= 15 is 0 Å². The third-order valence-corrected chi connectivity index (χ3v) is 3.60. The second-order valence-electron chi connectivity index (χ2n) is 4.98. The zero-order valence-electron chi connectivity index (χ0n) is 10.4. The molecule has 2 heterocycles. The van der Waals surface area contributed by atoms with E-state index in [0.29, 0.717) is 13.2 Å². The predicted octanol–water partition coefficient (Wildman–Crippen LogP) is -0.263. The maximum Gasteiger partial charge on any atom is 0.240 e. The zero-order valence-corrected chi connectivity index (χ0v) is 10.4. The van der Waals surface area contributed by atoms with Gasteiger partial charge in [0.1, 0.15) is 0 Å². The van der Waals surface area contributed by atoms with Crippen molar-refractivity contribution in [3.05, 3.63) is 0 Å². The summed E-state index contributed by atoms with van der Waals surface area (Å²) in [5.74, 6) is 0.166. The highest BCUT2D eigenvalue weighted by atomic mass is 16.5. The fourth-order valence-corrected chi connectivity index (χ4v) is 2.50. The number of morpholine rings is 1. The van der Waals surface area contributed by atoms with Crippen LogP contribution in [0.25, 0.3) is 0 Å². The maximum absolute atomic E-state index is 12.4. The SMILES string of the molecule is CC1COC(CO)CN1C(=O)[C@H]1CCCCN1. The molecule has 3 atom stereocenters. The lowest BCUT2D eigenvalue weighted by Crippen LogP contribution is -2.57. The number of hydrogen-bond acceptors (Lipinski definition) is 4. The Bertz CT molecular complexity index is 266. The van der Waals surface area contributed by atoms with E-state index in [9.17, 15) is 4.79 Å². The number of amides is 1. The zero-order chi connectivity index (χ0) is 12.3. The van der Waals surface area contributed by atoms with Crippen molar-refractivity contribution in [1.82, 2.24) is 10.2 Å². The molecule has 5 nitrogen and oxygen atoms in total. The van der Waals surface area contributed by atoms with Crippen LogP contribution in [0, 0.1) is 0 Å². The molecule has 0 aromatic rings. The van der Waals surface area contributed by atoms with Crippen LogP contribution in [-0.4, -0.2) is 60.4 Å². The average molecular weight is 242 g/mol. The van der Waals surface area contributed by atoms with Crippen LogP contribution in [0.4, 0.5) is 0 Å². The number of carbonyl (C=O) groups excluding carboxylic acids is 1. The molecule has 1 amide bonds. The smallest absolute Gasteiger partial charge is 0.240 e. The summed E-state index contributed by atoms with van der Waals surface area (Å²) in [4.78, 5) is 14.2. The fourth-order valence-electron chi connectivity index (χ4n) is 2.50. The van der Waals surface area contributed by atoms with Crippen LogP contribution in [0.5, 0.6) is 0 Å². The van der Waals surface area contributed by atoms with Crippen LogP contribution in [0.15, 0.2) is 0 Å². The Morgan fingerprint density at radius 3 is 3.00 bits per heavy atom. The van der Waals surface area contributed by atoms with E-state index in [2.05, 4.69) is 5.32 Å². The van der Waals surface area contributed by atoms with E-state index in [1.165, 1.54) is 0 Å². The van der Waals surface area contributed by atoms with Gasteiger partial charge in [0.15, 0.2) is 0 Å². The molecule has 2 aliphatic rings. The van der Waals surface area contributed by atoms with Gasteiger partial charge >= 0.3 is 0 Å². The number of nitrogens with one attached hydrogen (secondary N) is 1. The molecule has 0 aliphatic carbocycles. The van der Waals surface area contributed by atoms with E-state index in [1.807, 2.05) is 11.8 Å². The molecular formula is C12H22N2O3. The van der Waals surface area contributed by atoms with Gasteiger partial charge < -0.3 is 20.1 Å². The molecule has 0 radical (unpaired) electrons. The fraction of sp³-hybridized carbons (Fsp3) is 0.917. The molecule has 0 spiro atoms. The third-order valence-electron chi connectivity index (χ3n) is 3.60. The molecule has 2 N–H and O–H groups in total. The summed E-state index contributed by atoms with van der Waals surface area (Å²) in [5, 5.41) is 12.4. The molecule has 2 unspecified atom stereocenters. The van der Waals surface area contributed by atoms with Crippen molar-refractivity contribution in [3.8, 4) is 0 Å². The molecule has 0 bridgehead atoms. The summed E-state index contributed by atoms with van der Waals surface area (Å²) >= 11 is 0. The predicted molar refractivity (Wildman–Crippen MR) is 63.6 cm³/mol. The minimum absolute atomic E-state index is 0.0193. The van der Waals surface area contributed by atoms with Crippen LogP contribution in [0.3, 0.4) is 0 Å². The molecule has 2 fully saturated rings. The Hall–Kier alpha value is -0.650. The number of rotatable bonds is 2. The molecule has 0 aromatic heterocycles. The lowest BCUT2D eigenvalue weighted by molar-refractivity contribution is -0.148. The number of carbonyl (C=O) groups is 1. The molecule has 0 aromatic carbocycles. The highest BCUT2D eigenvalue weighted by molar-refractivity contribution is 5.82. The first kappa shape index (κ1) is 12.8.